The molecule has 0 atom stereocenters. The average Bonchev–Trinajstić information content (AvgIpc) is 3.45. The molecule has 1 saturated heterocycles. The summed E-state index contributed by atoms with van der Waals surface area (Å²) in [5.41, 5.74) is 5.06. The van der Waals surface area contributed by atoms with Gasteiger partial charge in [0.15, 0.2) is 0 Å². The Labute approximate surface area is 221 Å². The van der Waals surface area contributed by atoms with Crippen molar-refractivity contribution in [3.05, 3.63) is 35.0 Å². The van der Waals surface area contributed by atoms with Crippen LogP contribution in [0.5, 0.6) is 0 Å². The fourth-order valence-electron chi connectivity index (χ4n) is 5.58. The highest BCUT2D eigenvalue weighted by Crippen LogP contribution is 2.50. The summed E-state index contributed by atoms with van der Waals surface area (Å²) >= 11 is 1.36. The molecule has 1 aromatic carbocycles. The molecule has 2 heterocycles. The molecule has 198 valence electrons. The third-order valence-corrected chi connectivity index (χ3v) is 11.5. The van der Waals surface area contributed by atoms with E-state index in [1.807, 2.05) is 0 Å². The number of ether oxygens (including phenoxy) is 1. The summed E-state index contributed by atoms with van der Waals surface area (Å²) in [7, 11) is -3.67. The molecule has 1 aliphatic heterocycles. The van der Waals surface area contributed by atoms with Gasteiger partial charge in [0, 0.05) is 19.3 Å². The third kappa shape index (κ3) is 5.90. The van der Waals surface area contributed by atoms with Gasteiger partial charge in [-0.15, -0.1) is 11.3 Å². The van der Waals surface area contributed by atoms with Gasteiger partial charge < -0.3 is 4.74 Å². The van der Waals surface area contributed by atoms with Crippen LogP contribution in [-0.4, -0.2) is 32.7 Å². The number of hydrogen-bond acceptors (Lipinski definition) is 5. The van der Waals surface area contributed by atoms with Crippen LogP contribution in [0, 0.1) is 5.92 Å². The van der Waals surface area contributed by atoms with Crippen LogP contribution in [0.3, 0.4) is 0 Å². The number of aromatic nitrogens is 1. The minimum atomic E-state index is -3.67. The number of hydrogen-bond donors (Lipinski definition) is 1. The molecular formula is C29H42N2O3S2. The van der Waals surface area contributed by atoms with E-state index in [2.05, 4.69) is 50.6 Å². The van der Waals surface area contributed by atoms with Crippen LogP contribution in [0.15, 0.2) is 22.5 Å². The van der Waals surface area contributed by atoms with Crippen LogP contribution >= 0.6 is 11.3 Å². The Kier molecular flexibility index (Phi) is 7.40. The largest absolute Gasteiger partial charge is 0.381 e. The molecular weight excluding hydrogens is 488 g/mol. The highest BCUT2D eigenvalue weighted by molar-refractivity contribution is 7.91. The Bertz CT molecular complexity index is 1160. The SMILES string of the molecule is CC(C)(C)c1cc(-c2sc(S(=O)(=O)NC3CCOCC3)nc2CC2CCCCC2)cc(C2(C)CC2)c1. The zero-order valence-corrected chi connectivity index (χ0v) is 24.0. The van der Waals surface area contributed by atoms with Gasteiger partial charge in [-0.1, -0.05) is 65.9 Å². The lowest BCUT2D eigenvalue weighted by Gasteiger charge is -2.24. The second kappa shape index (κ2) is 10.1. The van der Waals surface area contributed by atoms with E-state index in [-0.39, 0.29) is 21.2 Å². The molecule has 0 spiro atoms. The van der Waals surface area contributed by atoms with E-state index in [0.717, 1.165) is 22.6 Å². The van der Waals surface area contributed by atoms with Gasteiger partial charge in [0.2, 0.25) is 4.34 Å². The van der Waals surface area contributed by atoms with Crippen LogP contribution in [0.1, 0.15) is 102 Å². The van der Waals surface area contributed by atoms with Gasteiger partial charge in [0.05, 0.1) is 10.6 Å². The maximum absolute atomic E-state index is 13.4. The van der Waals surface area contributed by atoms with Crippen LogP contribution < -0.4 is 4.72 Å². The van der Waals surface area contributed by atoms with Crippen molar-refractivity contribution < 1.29 is 13.2 Å². The van der Waals surface area contributed by atoms with Crippen molar-refractivity contribution in [1.29, 1.82) is 0 Å². The van der Waals surface area contributed by atoms with Crippen molar-refractivity contribution >= 4 is 21.4 Å². The maximum atomic E-state index is 13.4. The predicted octanol–water partition coefficient (Wildman–Crippen LogP) is 6.74. The summed E-state index contributed by atoms with van der Waals surface area (Å²) in [6, 6.07) is 6.91. The van der Waals surface area contributed by atoms with Gasteiger partial charge in [0.25, 0.3) is 10.0 Å². The maximum Gasteiger partial charge on any atom is 0.268 e. The summed E-state index contributed by atoms with van der Waals surface area (Å²) in [5.74, 6) is 0.588. The Morgan fingerprint density at radius 2 is 1.75 bits per heavy atom. The molecule has 1 aromatic heterocycles. The second-order valence-electron chi connectivity index (χ2n) is 12.6. The van der Waals surface area contributed by atoms with Crippen LogP contribution in [-0.2, 0) is 32.0 Å². The smallest absolute Gasteiger partial charge is 0.268 e. The molecule has 7 heteroatoms. The summed E-state index contributed by atoms with van der Waals surface area (Å²) in [4.78, 5) is 5.90. The Hall–Kier alpha value is -1.28. The van der Waals surface area contributed by atoms with Gasteiger partial charge >= 0.3 is 0 Å². The van der Waals surface area contributed by atoms with Gasteiger partial charge in [-0.2, -0.15) is 0 Å². The molecule has 2 aromatic rings. The number of thiazole rings is 1. The lowest BCUT2D eigenvalue weighted by atomic mass is 9.82. The van der Waals surface area contributed by atoms with Crippen molar-refractivity contribution in [1.82, 2.24) is 9.71 Å². The molecule has 0 bridgehead atoms. The molecule has 3 aliphatic rings. The second-order valence-corrected chi connectivity index (χ2v) is 15.5. The fourth-order valence-corrected chi connectivity index (χ4v) is 8.23. The van der Waals surface area contributed by atoms with Gasteiger partial charge in [-0.3, -0.25) is 0 Å². The van der Waals surface area contributed by atoms with Crippen molar-refractivity contribution in [2.75, 3.05) is 13.2 Å². The van der Waals surface area contributed by atoms with Crippen molar-refractivity contribution in [3.63, 3.8) is 0 Å². The van der Waals surface area contributed by atoms with Gasteiger partial charge in [0.1, 0.15) is 0 Å². The molecule has 0 radical (unpaired) electrons. The van der Waals surface area contributed by atoms with Crippen molar-refractivity contribution in [3.8, 4) is 10.4 Å². The molecule has 0 unspecified atom stereocenters. The summed E-state index contributed by atoms with van der Waals surface area (Å²) < 4.78 is 35.5. The lowest BCUT2D eigenvalue weighted by Crippen LogP contribution is -2.38. The summed E-state index contributed by atoms with van der Waals surface area (Å²) in [5, 5.41) is 0. The van der Waals surface area contributed by atoms with Crippen molar-refractivity contribution in [2.45, 2.75) is 113 Å². The fraction of sp³-hybridized carbons (Fsp3) is 0.690. The van der Waals surface area contributed by atoms with E-state index >= 15 is 0 Å². The first kappa shape index (κ1) is 26.3. The summed E-state index contributed by atoms with van der Waals surface area (Å²) in [6.07, 6.45) is 11.0. The standard InChI is InChI=1S/C29H42N2O3S2/c1-28(2,3)22-17-21(18-23(19-22)29(4)12-13-29)26-25(16-20-8-6-5-7-9-20)30-27(35-26)36(32,33)31-24-10-14-34-15-11-24/h17-20,24,31H,5-16H2,1-4H3. The quantitative estimate of drug-likeness (QED) is 0.430. The number of nitrogens with one attached hydrogen (secondary N) is 1. The molecule has 5 rings (SSSR count). The summed E-state index contributed by atoms with van der Waals surface area (Å²) in [6.45, 7) is 10.3. The lowest BCUT2D eigenvalue weighted by molar-refractivity contribution is 0.0832. The first-order valence-corrected chi connectivity index (χ1v) is 16.1. The highest BCUT2D eigenvalue weighted by atomic mass is 32.2. The molecule has 0 amide bonds. The zero-order chi connectivity index (χ0) is 25.6. The Morgan fingerprint density at radius 1 is 1.06 bits per heavy atom. The molecule has 36 heavy (non-hydrogen) atoms. The average molecular weight is 531 g/mol. The Balaban J connectivity index is 1.56. The monoisotopic (exact) mass is 530 g/mol. The number of sulfonamides is 1. The van der Waals surface area contributed by atoms with Gasteiger partial charge in [-0.05, 0) is 77.7 Å². The predicted molar refractivity (Wildman–Crippen MR) is 147 cm³/mol. The first-order valence-electron chi connectivity index (χ1n) is 13.8. The van der Waals surface area contributed by atoms with E-state index < -0.39 is 10.0 Å². The van der Waals surface area contributed by atoms with Crippen molar-refractivity contribution in [2.24, 2.45) is 5.92 Å². The van der Waals surface area contributed by atoms with Crippen LogP contribution in [0.25, 0.3) is 10.4 Å². The molecule has 5 nitrogen and oxygen atoms in total. The van der Waals surface area contributed by atoms with E-state index in [9.17, 15) is 8.42 Å². The number of nitrogens with zero attached hydrogens (tertiary/aromatic N) is 1. The minimum absolute atomic E-state index is 0.0176. The molecule has 3 fully saturated rings. The Morgan fingerprint density at radius 3 is 2.39 bits per heavy atom. The first-order chi connectivity index (χ1) is 17.0. The van der Waals surface area contributed by atoms with Crippen LogP contribution in [0.2, 0.25) is 0 Å². The molecule has 2 aliphatic carbocycles. The van der Waals surface area contributed by atoms with Crippen LogP contribution in [0.4, 0.5) is 0 Å². The van der Waals surface area contributed by atoms with Gasteiger partial charge in [-0.25, -0.2) is 18.1 Å². The number of benzene rings is 1. The van der Waals surface area contributed by atoms with E-state index in [4.69, 9.17) is 9.72 Å². The normalized spacial score (nSPS) is 21.6. The molecule has 1 N–H and O–H groups in total. The minimum Gasteiger partial charge on any atom is -0.381 e. The van der Waals surface area contributed by atoms with E-state index in [0.29, 0.717) is 32.0 Å². The zero-order valence-electron chi connectivity index (χ0n) is 22.4. The number of rotatable bonds is 7. The highest BCUT2D eigenvalue weighted by Gasteiger charge is 2.40. The van der Waals surface area contributed by atoms with E-state index in [1.165, 1.54) is 67.4 Å². The van der Waals surface area contributed by atoms with E-state index in [1.54, 1.807) is 0 Å². The third-order valence-electron chi connectivity index (χ3n) is 8.42. The molecule has 2 saturated carbocycles. The topological polar surface area (TPSA) is 68.3 Å².